The molecule has 18 heavy (non-hydrogen) atoms. The van der Waals surface area contributed by atoms with Gasteiger partial charge in [0.05, 0.1) is 0 Å². The van der Waals surface area contributed by atoms with Gasteiger partial charge in [0.15, 0.2) is 0 Å². The van der Waals surface area contributed by atoms with E-state index in [1.165, 1.54) is 57.8 Å². The molecule has 2 aliphatic carbocycles. The third kappa shape index (κ3) is 2.92. The molecule has 0 aliphatic heterocycles. The fourth-order valence-electron chi connectivity index (χ4n) is 4.74. The van der Waals surface area contributed by atoms with Gasteiger partial charge in [-0.05, 0) is 42.9 Å². The SMILES string of the molecule is CCC1CCCCC1C1(N)CCCC(C(C)C)C1. The quantitative estimate of drug-likeness (QED) is 0.770. The van der Waals surface area contributed by atoms with Crippen LogP contribution < -0.4 is 5.73 Å². The molecule has 0 spiro atoms. The van der Waals surface area contributed by atoms with Gasteiger partial charge in [0.1, 0.15) is 0 Å². The van der Waals surface area contributed by atoms with Crippen LogP contribution in [0.15, 0.2) is 0 Å². The average Bonchev–Trinajstić information content (AvgIpc) is 2.38. The van der Waals surface area contributed by atoms with E-state index >= 15 is 0 Å². The van der Waals surface area contributed by atoms with E-state index in [9.17, 15) is 0 Å². The summed E-state index contributed by atoms with van der Waals surface area (Å²) in [4.78, 5) is 0. The Morgan fingerprint density at radius 2 is 1.83 bits per heavy atom. The Labute approximate surface area is 114 Å². The van der Waals surface area contributed by atoms with Crippen LogP contribution in [0, 0.1) is 23.7 Å². The van der Waals surface area contributed by atoms with Crippen molar-refractivity contribution < 1.29 is 0 Å². The topological polar surface area (TPSA) is 26.0 Å². The first kappa shape index (κ1) is 14.4. The molecule has 0 aromatic rings. The monoisotopic (exact) mass is 251 g/mol. The molecule has 2 aliphatic rings. The molecule has 2 rings (SSSR count). The molecule has 2 fully saturated rings. The minimum absolute atomic E-state index is 0.175. The second-order valence-electron chi connectivity index (χ2n) is 7.39. The summed E-state index contributed by atoms with van der Waals surface area (Å²) in [6.07, 6.45) is 12.4. The lowest BCUT2D eigenvalue weighted by atomic mass is 9.60. The van der Waals surface area contributed by atoms with Crippen molar-refractivity contribution in [2.75, 3.05) is 0 Å². The molecule has 1 heteroatoms. The molecular weight excluding hydrogens is 218 g/mol. The lowest BCUT2D eigenvalue weighted by Crippen LogP contribution is -2.54. The number of hydrogen-bond donors (Lipinski definition) is 1. The van der Waals surface area contributed by atoms with Gasteiger partial charge in [0.2, 0.25) is 0 Å². The minimum atomic E-state index is 0.175. The Bertz CT molecular complexity index is 260. The zero-order chi connectivity index (χ0) is 13.2. The van der Waals surface area contributed by atoms with Crippen molar-refractivity contribution in [1.29, 1.82) is 0 Å². The van der Waals surface area contributed by atoms with Crippen molar-refractivity contribution >= 4 is 0 Å². The highest BCUT2D eigenvalue weighted by Crippen LogP contribution is 2.46. The highest BCUT2D eigenvalue weighted by molar-refractivity contribution is 4.99. The predicted octanol–water partition coefficient (Wildman–Crippen LogP) is 4.75. The van der Waals surface area contributed by atoms with E-state index in [2.05, 4.69) is 20.8 Å². The lowest BCUT2D eigenvalue weighted by Gasteiger charge is -2.49. The summed E-state index contributed by atoms with van der Waals surface area (Å²) in [5.41, 5.74) is 7.10. The summed E-state index contributed by atoms with van der Waals surface area (Å²) < 4.78 is 0. The second-order valence-corrected chi connectivity index (χ2v) is 7.39. The smallest absolute Gasteiger partial charge is 0.0188 e. The summed E-state index contributed by atoms with van der Waals surface area (Å²) in [7, 11) is 0. The third-order valence-electron chi connectivity index (χ3n) is 5.97. The maximum Gasteiger partial charge on any atom is 0.0188 e. The van der Waals surface area contributed by atoms with Crippen LogP contribution in [0.1, 0.15) is 78.6 Å². The molecular formula is C17H33N. The van der Waals surface area contributed by atoms with E-state index in [4.69, 9.17) is 5.73 Å². The Morgan fingerprint density at radius 3 is 2.50 bits per heavy atom. The van der Waals surface area contributed by atoms with Crippen LogP contribution in [0.2, 0.25) is 0 Å². The molecule has 0 heterocycles. The first-order valence-corrected chi connectivity index (χ1v) is 8.35. The highest BCUT2D eigenvalue weighted by atomic mass is 14.8. The predicted molar refractivity (Wildman–Crippen MR) is 79.5 cm³/mol. The molecule has 0 radical (unpaired) electrons. The fraction of sp³-hybridized carbons (Fsp3) is 1.00. The van der Waals surface area contributed by atoms with Gasteiger partial charge in [-0.2, -0.15) is 0 Å². The number of rotatable bonds is 3. The van der Waals surface area contributed by atoms with Gasteiger partial charge in [0.25, 0.3) is 0 Å². The molecule has 4 unspecified atom stereocenters. The van der Waals surface area contributed by atoms with Crippen LogP contribution in [0.4, 0.5) is 0 Å². The summed E-state index contributed by atoms with van der Waals surface area (Å²) >= 11 is 0. The summed E-state index contributed by atoms with van der Waals surface area (Å²) in [6.45, 7) is 7.14. The van der Waals surface area contributed by atoms with Crippen LogP contribution in [0.25, 0.3) is 0 Å². The summed E-state index contributed by atoms with van der Waals surface area (Å²) in [5.74, 6) is 3.42. The first-order valence-electron chi connectivity index (χ1n) is 8.35. The van der Waals surface area contributed by atoms with Gasteiger partial charge >= 0.3 is 0 Å². The van der Waals surface area contributed by atoms with E-state index in [1.807, 2.05) is 0 Å². The molecule has 0 amide bonds. The Kier molecular flexibility index (Phi) is 4.75. The molecule has 0 aromatic heterocycles. The zero-order valence-corrected chi connectivity index (χ0v) is 12.8. The molecule has 4 atom stereocenters. The van der Waals surface area contributed by atoms with Gasteiger partial charge in [-0.1, -0.05) is 59.3 Å². The normalized spacial score (nSPS) is 42.2. The van der Waals surface area contributed by atoms with E-state index in [-0.39, 0.29) is 5.54 Å². The van der Waals surface area contributed by atoms with Crippen molar-refractivity contribution in [2.45, 2.75) is 84.1 Å². The summed E-state index contributed by atoms with van der Waals surface area (Å²) in [6, 6.07) is 0. The molecule has 106 valence electrons. The van der Waals surface area contributed by atoms with Gasteiger partial charge in [-0.15, -0.1) is 0 Å². The summed E-state index contributed by atoms with van der Waals surface area (Å²) in [5, 5.41) is 0. The molecule has 0 aromatic carbocycles. The largest absolute Gasteiger partial charge is 0.325 e. The van der Waals surface area contributed by atoms with E-state index in [1.54, 1.807) is 0 Å². The van der Waals surface area contributed by atoms with Crippen LogP contribution >= 0.6 is 0 Å². The molecule has 1 nitrogen and oxygen atoms in total. The van der Waals surface area contributed by atoms with Crippen LogP contribution in [0.5, 0.6) is 0 Å². The minimum Gasteiger partial charge on any atom is -0.325 e. The maximum absolute atomic E-state index is 6.93. The number of nitrogens with two attached hydrogens (primary N) is 1. The molecule has 0 bridgehead atoms. The average molecular weight is 251 g/mol. The van der Waals surface area contributed by atoms with E-state index in [0.29, 0.717) is 0 Å². The van der Waals surface area contributed by atoms with Gasteiger partial charge in [-0.3, -0.25) is 0 Å². The maximum atomic E-state index is 6.93. The molecule has 2 N–H and O–H groups in total. The Morgan fingerprint density at radius 1 is 1.11 bits per heavy atom. The number of hydrogen-bond acceptors (Lipinski definition) is 1. The van der Waals surface area contributed by atoms with Crippen molar-refractivity contribution in [3.05, 3.63) is 0 Å². The second kappa shape index (κ2) is 5.94. The third-order valence-corrected chi connectivity index (χ3v) is 5.97. The standard InChI is InChI=1S/C17H33N/c1-4-14-8-5-6-10-16(14)17(18)11-7-9-15(12-17)13(2)3/h13-16H,4-12,18H2,1-3H3. The van der Waals surface area contributed by atoms with E-state index in [0.717, 1.165) is 23.7 Å². The van der Waals surface area contributed by atoms with Crippen molar-refractivity contribution in [3.63, 3.8) is 0 Å². The Balaban J connectivity index is 2.08. The Hall–Kier alpha value is -0.0400. The van der Waals surface area contributed by atoms with Gasteiger partial charge in [0, 0.05) is 5.54 Å². The molecule has 2 saturated carbocycles. The van der Waals surface area contributed by atoms with Gasteiger partial charge < -0.3 is 5.73 Å². The van der Waals surface area contributed by atoms with Crippen molar-refractivity contribution in [2.24, 2.45) is 29.4 Å². The van der Waals surface area contributed by atoms with Gasteiger partial charge in [-0.25, -0.2) is 0 Å². The van der Waals surface area contributed by atoms with Crippen molar-refractivity contribution in [3.8, 4) is 0 Å². The van der Waals surface area contributed by atoms with Crippen LogP contribution in [0.3, 0.4) is 0 Å². The van der Waals surface area contributed by atoms with Crippen LogP contribution in [-0.4, -0.2) is 5.54 Å². The molecule has 0 saturated heterocycles. The fourth-order valence-corrected chi connectivity index (χ4v) is 4.74. The van der Waals surface area contributed by atoms with Crippen molar-refractivity contribution in [1.82, 2.24) is 0 Å². The highest BCUT2D eigenvalue weighted by Gasteiger charge is 2.43. The lowest BCUT2D eigenvalue weighted by molar-refractivity contribution is 0.0632. The zero-order valence-electron chi connectivity index (χ0n) is 12.8. The first-order chi connectivity index (χ1) is 8.57. The van der Waals surface area contributed by atoms with Crippen LogP contribution in [-0.2, 0) is 0 Å². The van der Waals surface area contributed by atoms with E-state index < -0.39 is 0 Å².